The monoisotopic (exact) mass is 484 g/mol. The molecule has 0 spiro atoms. The van der Waals surface area contributed by atoms with Gasteiger partial charge in [-0.05, 0) is 111 Å². The fourth-order valence-corrected chi connectivity index (χ4v) is 7.77. The van der Waals surface area contributed by atoms with E-state index < -0.39 is 0 Å². The summed E-state index contributed by atoms with van der Waals surface area (Å²) in [6.07, 6.45) is 23.4. The third kappa shape index (κ3) is 8.58. The van der Waals surface area contributed by atoms with Crippen molar-refractivity contribution in [3.63, 3.8) is 0 Å². The van der Waals surface area contributed by atoms with Gasteiger partial charge in [0.15, 0.2) is 0 Å². The first-order valence-electron chi connectivity index (χ1n) is 15.5. The van der Waals surface area contributed by atoms with E-state index in [1.54, 1.807) is 0 Å². The third-order valence-electron chi connectivity index (χ3n) is 10.2. The van der Waals surface area contributed by atoms with Gasteiger partial charge in [-0.25, -0.2) is 0 Å². The molecule has 3 fully saturated rings. The molecule has 0 heterocycles. The van der Waals surface area contributed by atoms with E-state index in [0.29, 0.717) is 6.42 Å². The van der Waals surface area contributed by atoms with Crippen molar-refractivity contribution in [1.82, 2.24) is 0 Å². The van der Waals surface area contributed by atoms with Gasteiger partial charge in [0.25, 0.3) is 0 Å². The first-order valence-corrected chi connectivity index (χ1v) is 15.5. The third-order valence-corrected chi connectivity index (χ3v) is 10.2. The van der Waals surface area contributed by atoms with Gasteiger partial charge >= 0.3 is 0 Å². The van der Waals surface area contributed by atoms with Gasteiger partial charge in [-0.15, -0.1) is 0 Å². The SMILES string of the molecule is CCOCC[C@H]1CC[C@H](CC[C@H]2CC[C@H](C3CCC(c4ccc(CCCF)cc4)CC3)CC2)CC1. The predicted octanol–water partition coefficient (Wildman–Crippen LogP) is 9.68. The second-order valence-electron chi connectivity index (χ2n) is 12.4. The van der Waals surface area contributed by atoms with E-state index in [9.17, 15) is 4.39 Å². The Hall–Kier alpha value is -0.890. The topological polar surface area (TPSA) is 9.23 Å². The molecule has 35 heavy (non-hydrogen) atoms. The minimum atomic E-state index is -0.204. The predicted molar refractivity (Wildman–Crippen MR) is 147 cm³/mol. The lowest BCUT2D eigenvalue weighted by Crippen LogP contribution is -2.25. The molecule has 4 rings (SSSR count). The Morgan fingerprint density at radius 2 is 1.20 bits per heavy atom. The van der Waals surface area contributed by atoms with Crippen LogP contribution in [0.2, 0.25) is 0 Å². The van der Waals surface area contributed by atoms with E-state index in [4.69, 9.17) is 4.74 Å². The summed E-state index contributed by atoms with van der Waals surface area (Å²) in [4.78, 5) is 0. The van der Waals surface area contributed by atoms with Crippen molar-refractivity contribution in [1.29, 1.82) is 0 Å². The zero-order valence-corrected chi connectivity index (χ0v) is 22.7. The Labute approximate surface area is 216 Å². The minimum Gasteiger partial charge on any atom is -0.382 e. The highest BCUT2D eigenvalue weighted by atomic mass is 19.1. The number of ether oxygens (including phenoxy) is 1. The Bertz CT molecular complexity index is 676. The highest BCUT2D eigenvalue weighted by Crippen LogP contribution is 2.45. The molecule has 0 N–H and O–H groups in total. The molecular formula is C33H53FO. The van der Waals surface area contributed by atoms with E-state index in [1.165, 1.54) is 107 Å². The van der Waals surface area contributed by atoms with E-state index in [1.807, 2.05) is 0 Å². The summed E-state index contributed by atoms with van der Waals surface area (Å²) in [5, 5.41) is 0. The molecule has 0 unspecified atom stereocenters. The highest BCUT2D eigenvalue weighted by Gasteiger charge is 2.31. The molecule has 0 amide bonds. The molecule has 3 aliphatic carbocycles. The van der Waals surface area contributed by atoms with Crippen molar-refractivity contribution in [3.8, 4) is 0 Å². The summed E-state index contributed by atoms with van der Waals surface area (Å²) in [6, 6.07) is 9.15. The summed E-state index contributed by atoms with van der Waals surface area (Å²) < 4.78 is 18.0. The zero-order chi connectivity index (χ0) is 24.3. The number of alkyl halides is 1. The fourth-order valence-electron chi connectivity index (χ4n) is 7.77. The van der Waals surface area contributed by atoms with Gasteiger partial charge in [0, 0.05) is 13.2 Å². The quantitative estimate of drug-likeness (QED) is 0.268. The van der Waals surface area contributed by atoms with Crippen molar-refractivity contribution < 1.29 is 9.13 Å². The van der Waals surface area contributed by atoms with Crippen LogP contribution in [0.5, 0.6) is 0 Å². The van der Waals surface area contributed by atoms with Gasteiger partial charge in [0.1, 0.15) is 0 Å². The molecule has 1 nitrogen and oxygen atoms in total. The Balaban J connectivity index is 1.09. The van der Waals surface area contributed by atoms with Crippen LogP contribution in [0.25, 0.3) is 0 Å². The average Bonchev–Trinajstić information content (AvgIpc) is 2.92. The van der Waals surface area contributed by atoms with Crippen LogP contribution >= 0.6 is 0 Å². The fraction of sp³-hybridized carbons (Fsp3) is 0.818. The molecule has 198 valence electrons. The molecule has 0 atom stereocenters. The number of rotatable bonds is 12. The lowest BCUT2D eigenvalue weighted by molar-refractivity contribution is 0.117. The summed E-state index contributed by atoms with van der Waals surface area (Å²) >= 11 is 0. The summed E-state index contributed by atoms with van der Waals surface area (Å²) in [6.45, 7) is 3.75. The molecule has 0 saturated heterocycles. The average molecular weight is 485 g/mol. The highest BCUT2D eigenvalue weighted by molar-refractivity contribution is 5.26. The molecular weight excluding hydrogens is 431 g/mol. The Morgan fingerprint density at radius 1 is 0.686 bits per heavy atom. The maximum Gasteiger partial charge on any atom is 0.0897 e. The summed E-state index contributed by atoms with van der Waals surface area (Å²) in [5.74, 6) is 5.74. The second kappa shape index (κ2) is 14.7. The number of hydrogen-bond acceptors (Lipinski definition) is 1. The molecule has 3 aliphatic rings. The lowest BCUT2D eigenvalue weighted by Gasteiger charge is -2.38. The van der Waals surface area contributed by atoms with E-state index in [2.05, 4.69) is 31.2 Å². The van der Waals surface area contributed by atoms with Crippen molar-refractivity contribution in [2.75, 3.05) is 19.9 Å². The zero-order valence-electron chi connectivity index (χ0n) is 22.7. The van der Waals surface area contributed by atoms with Crippen molar-refractivity contribution in [2.45, 2.75) is 122 Å². The van der Waals surface area contributed by atoms with Crippen LogP contribution in [0.4, 0.5) is 4.39 Å². The summed E-state index contributed by atoms with van der Waals surface area (Å²) in [5.41, 5.74) is 2.82. The molecule has 2 heteroatoms. The van der Waals surface area contributed by atoms with Crippen LogP contribution in [-0.2, 0) is 11.2 Å². The van der Waals surface area contributed by atoms with Gasteiger partial charge in [0.05, 0.1) is 6.67 Å². The standard InChI is InChI=1S/C33H53FO/c1-2-35-25-23-29-9-7-27(8-10-29)5-6-28-13-17-31(18-14-28)33-21-19-32(20-22-33)30-15-11-26(12-16-30)4-3-24-34/h11-12,15-16,27-29,31-33H,2-10,13-14,17-25H2,1H3/t27-,28-,29-,31-,32?,33?. The van der Waals surface area contributed by atoms with Gasteiger partial charge in [0.2, 0.25) is 0 Å². The molecule has 0 aliphatic heterocycles. The largest absolute Gasteiger partial charge is 0.382 e. The normalized spacial score (nSPS) is 31.9. The maximum absolute atomic E-state index is 12.4. The van der Waals surface area contributed by atoms with Crippen molar-refractivity contribution in [2.24, 2.45) is 29.6 Å². The van der Waals surface area contributed by atoms with Gasteiger partial charge < -0.3 is 4.74 Å². The van der Waals surface area contributed by atoms with E-state index >= 15 is 0 Å². The summed E-state index contributed by atoms with van der Waals surface area (Å²) in [7, 11) is 0. The first-order chi connectivity index (χ1) is 17.2. The maximum atomic E-state index is 12.4. The van der Waals surface area contributed by atoms with Gasteiger partial charge in [-0.1, -0.05) is 75.6 Å². The minimum absolute atomic E-state index is 0.204. The van der Waals surface area contributed by atoms with Gasteiger partial charge in [-0.2, -0.15) is 0 Å². The number of benzene rings is 1. The van der Waals surface area contributed by atoms with Crippen LogP contribution < -0.4 is 0 Å². The number of hydrogen-bond donors (Lipinski definition) is 0. The smallest absolute Gasteiger partial charge is 0.0897 e. The van der Waals surface area contributed by atoms with Crippen LogP contribution in [0, 0.1) is 29.6 Å². The van der Waals surface area contributed by atoms with Crippen molar-refractivity contribution in [3.05, 3.63) is 35.4 Å². The number of halogens is 1. The molecule has 1 aromatic carbocycles. The molecule has 0 bridgehead atoms. The van der Waals surface area contributed by atoms with Crippen LogP contribution in [0.3, 0.4) is 0 Å². The number of aryl methyl sites for hydroxylation is 1. The van der Waals surface area contributed by atoms with Crippen LogP contribution in [0.15, 0.2) is 24.3 Å². The second-order valence-corrected chi connectivity index (χ2v) is 12.4. The Morgan fingerprint density at radius 3 is 1.74 bits per heavy atom. The molecule has 0 radical (unpaired) electrons. The lowest BCUT2D eigenvalue weighted by atomic mass is 9.67. The van der Waals surface area contributed by atoms with Crippen LogP contribution in [0.1, 0.15) is 127 Å². The molecule has 0 aromatic heterocycles. The molecule has 3 saturated carbocycles. The van der Waals surface area contributed by atoms with E-state index in [-0.39, 0.29) is 6.67 Å². The molecule has 1 aromatic rings. The van der Waals surface area contributed by atoms with Crippen molar-refractivity contribution >= 4 is 0 Å². The Kier molecular flexibility index (Phi) is 11.4. The first kappa shape index (κ1) is 27.2. The van der Waals surface area contributed by atoms with Crippen LogP contribution in [-0.4, -0.2) is 19.9 Å². The van der Waals surface area contributed by atoms with E-state index in [0.717, 1.165) is 55.1 Å². The van der Waals surface area contributed by atoms with Gasteiger partial charge in [-0.3, -0.25) is 4.39 Å².